The first kappa shape index (κ1) is 8.86. The fraction of sp³-hybridized carbons (Fsp3) is 0.667. The fourth-order valence-electron chi connectivity index (χ4n) is 2.01. The van der Waals surface area contributed by atoms with Crippen LogP contribution in [-0.4, -0.2) is 6.61 Å². The van der Waals surface area contributed by atoms with Crippen molar-refractivity contribution in [1.82, 2.24) is 0 Å². The number of rotatable bonds is 0. The molecule has 1 aliphatic carbocycles. The molecule has 1 nitrogen and oxygen atoms in total. The van der Waals surface area contributed by atoms with Crippen LogP contribution < -0.4 is 0 Å². The van der Waals surface area contributed by atoms with Crippen LogP contribution in [0.3, 0.4) is 0 Å². The average molecular weight is 178 g/mol. The zero-order chi connectivity index (χ0) is 9.26. The van der Waals surface area contributed by atoms with Crippen LogP contribution >= 0.6 is 0 Å². The van der Waals surface area contributed by atoms with Gasteiger partial charge in [0.05, 0.1) is 12.4 Å². The third kappa shape index (κ3) is 1.96. The molecule has 72 valence electrons. The van der Waals surface area contributed by atoms with Gasteiger partial charge in [-0.2, -0.15) is 0 Å². The lowest BCUT2D eigenvalue weighted by atomic mass is 9.98. The molecule has 0 saturated heterocycles. The normalized spacial score (nSPS) is 33.7. The van der Waals surface area contributed by atoms with Crippen LogP contribution in [0.5, 0.6) is 0 Å². The van der Waals surface area contributed by atoms with E-state index in [-0.39, 0.29) is 0 Å². The molecule has 2 rings (SSSR count). The molecule has 13 heavy (non-hydrogen) atoms. The minimum Gasteiger partial charge on any atom is -0.497 e. The summed E-state index contributed by atoms with van der Waals surface area (Å²) in [5, 5.41) is 0. The van der Waals surface area contributed by atoms with Gasteiger partial charge in [0, 0.05) is 6.42 Å². The van der Waals surface area contributed by atoms with E-state index in [1.54, 1.807) is 0 Å². The lowest BCUT2D eigenvalue weighted by Gasteiger charge is -2.23. The molecule has 0 amide bonds. The third-order valence-electron chi connectivity index (χ3n) is 2.92. The first-order valence-electron chi connectivity index (χ1n) is 5.28. The predicted octanol–water partition coefficient (Wildman–Crippen LogP) is 3.28. The van der Waals surface area contributed by atoms with Gasteiger partial charge in [0.2, 0.25) is 0 Å². The first-order chi connectivity index (χ1) is 6.25. The summed E-state index contributed by atoms with van der Waals surface area (Å²) in [5.41, 5.74) is 1.45. The summed E-state index contributed by atoms with van der Waals surface area (Å²) in [6.45, 7) is 5.45. The zero-order valence-electron chi connectivity index (χ0n) is 8.55. The Bertz CT molecular complexity index is 250. The van der Waals surface area contributed by atoms with Crippen LogP contribution in [0.1, 0.15) is 33.1 Å². The van der Waals surface area contributed by atoms with Crippen molar-refractivity contribution in [2.45, 2.75) is 33.1 Å². The fourth-order valence-corrected chi connectivity index (χ4v) is 2.01. The zero-order valence-corrected chi connectivity index (χ0v) is 8.55. The van der Waals surface area contributed by atoms with Gasteiger partial charge in [0.1, 0.15) is 0 Å². The average Bonchev–Trinajstić information content (AvgIpc) is 2.29. The second-order valence-electron chi connectivity index (χ2n) is 4.44. The second-order valence-corrected chi connectivity index (χ2v) is 4.44. The molecule has 0 aromatic heterocycles. The van der Waals surface area contributed by atoms with E-state index in [1.165, 1.54) is 24.2 Å². The molecule has 0 saturated carbocycles. The number of ether oxygens (including phenoxy) is 1. The summed E-state index contributed by atoms with van der Waals surface area (Å²) in [7, 11) is 0. The highest BCUT2D eigenvalue weighted by Gasteiger charge is 2.19. The maximum Gasteiger partial charge on any atom is 0.0991 e. The predicted molar refractivity (Wildman–Crippen MR) is 54.3 cm³/mol. The van der Waals surface area contributed by atoms with Gasteiger partial charge in [0.25, 0.3) is 0 Å². The number of hydrogen-bond acceptors (Lipinski definition) is 1. The molecule has 0 aromatic rings. The summed E-state index contributed by atoms with van der Waals surface area (Å²) < 4.78 is 5.75. The van der Waals surface area contributed by atoms with Crippen LogP contribution in [-0.2, 0) is 4.74 Å². The van der Waals surface area contributed by atoms with E-state index >= 15 is 0 Å². The van der Waals surface area contributed by atoms with Crippen LogP contribution in [0.15, 0.2) is 23.5 Å². The van der Waals surface area contributed by atoms with Gasteiger partial charge in [-0.3, -0.25) is 0 Å². The Hall–Kier alpha value is -0.720. The van der Waals surface area contributed by atoms with Crippen molar-refractivity contribution in [2.75, 3.05) is 6.61 Å². The van der Waals surface area contributed by atoms with Crippen LogP contribution in [0.25, 0.3) is 0 Å². The van der Waals surface area contributed by atoms with Gasteiger partial charge in [-0.25, -0.2) is 0 Å². The number of allylic oxidation sites excluding steroid dienone is 4. The van der Waals surface area contributed by atoms with E-state index in [0.29, 0.717) is 11.8 Å². The molecule has 2 unspecified atom stereocenters. The van der Waals surface area contributed by atoms with Gasteiger partial charge >= 0.3 is 0 Å². The van der Waals surface area contributed by atoms with Crippen molar-refractivity contribution in [2.24, 2.45) is 11.8 Å². The Morgan fingerprint density at radius 2 is 2.23 bits per heavy atom. The van der Waals surface area contributed by atoms with Crippen molar-refractivity contribution in [3.8, 4) is 0 Å². The Morgan fingerprint density at radius 3 is 3.08 bits per heavy atom. The van der Waals surface area contributed by atoms with Crippen molar-refractivity contribution in [1.29, 1.82) is 0 Å². The van der Waals surface area contributed by atoms with Crippen molar-refractivity contribution >= 4 is 0 Å². The molecule has 0 radical (unpaired) electrons. The van der Waals surface area contributed by atoms with Crippen molar-refractivity contribution in [3.05, 3.63) is 23.5 Å². The highest BCUT2D eigenvalue weighted by Crippen LogP contribution is 2.31. The summed E-state index contributed by atoms with van der Waals surface area (Å²) in [6, 6.07) is 0. The van der Waals surface area contributed by atoms with E-state index in [2.05, 4.69) is 26.0 Å². The molecule has 1 heteroatoms. The van der Waals surface area contributed by atoms with Gasteiger partial charge in [-0.05, 0) is 30.3 Å². The summed E-state index contributed by atoms with van der Waals surface area (Å²) in [6.07, 6.45) is 8.19. The maximum absolute atomic E-state index is 5.75. The standard InChI is InChI=1S/C12H18O/c1-9-3-5-11-7-10(2)8-13-12(11)6-4-9/h3,5,9-10H,4,6-8H2,1-2H3. The van der Waals surface area contributed by atoms with Crippen LogP contribution in [0.2, 0.25) is 0 Å². The molecule has 0 bridgehead atoms. The Balaban J connectivity index is 2.17. The van der Waals surface area contributed by atoms with Crippen molar-refractivity contribution < 1.29 is 4.74 Å². The molecule has 1 aliphatic heterocycles. The Morgan fingerprint density at radius 1 is 1.38 bits per heavy atom. The Kier molecular flexibility index (Phi) is 2.43. The smallest absolute Gasteiger partial charge is 0.0991 e. The number of hydrogen-bond donors (Lipinski definition) is 0. The summed E-state index contributed by atoms with van der Waals surface area (Å²) in [5.74, 6) is 2.67. The van der Waals surface area contributed by atoms with Gasteiger partial charge in [-0.15, -0.1) is 0 Å². The molecule has 0 fully saturated rings. The second kappa shape index (κ2) is 3.57. The van der Waals surface area contributed by atoms with Gasteiger partial charge in [0.15, 0.2) is 0 Å². The van der Waals surface area contributed by atoms with Crippen LogP contribution in [0, 0.1) is 11.8 Å². The molecular weight excluding hydrogens is 160 g/mol. The first-order valence-corrected chi connectivity index (χ1v) is 5.28. The van der Waals surface area contributed by atoms with Gasteiger partial charge < -0.3 is 4.74 Å². The Labute approximate surface area is 80.5 Å². The largest absolute Gasteiger partial charge is 0.497 e. The maximum atomic E-state index is 5.75. The van der Waals surface area contributed by atoms with Crippen LogP contribution in [0.4, 0.5) is 0 Å². The quantitative estimate of drug-likeness (QED) is 0.553. The lowest BCUT2D eigenvalue weighted by Crippen LogP contribution is -2.14. The molecule has 1 heterocycles. The van der Waals surface area contributed by atoms with E-state index in [4.69, 9.17) is 4.74 Å². The molecular formula is C12H18O. The van der Waals surface area contributed by atoms with E-state index < -0.39 is 0 Å². The topological polar surface area (TPSA) is 9.23 Å². The molecule has 0 N–H and O–H groups in total. The van der Waals surface area contributed by atoms with E-state index in [9.17, 15) is 0 Å². The van der Waals surface area contributed by atoms with E-state index in [0.717, 1.165) is 13.0 Å². The highest BCUT2D eigenvalue weighted by atomic mass is 16.5. The van der Waals surface area contributed by atoms with Gasteiger partial charge in [-0.1, -0.05) is 26.0 Å². The monoisotopic (exact) mass is 178 g/mol. The molecule has 0 aromatic carbocycles. The summed E-state index contributed by atoms with van der Waals surface area (Å²) >= 11 is 0. The molecule has 2 aliphatic rings. The molecule has 0 spiro atoms. The minimum absolute atomic E-state index is 0.691. The summed E-state index contributed by atoms with van der Waals surface area (Å²) in [4.78, 5) is 0. The van der Waals surface area contributed by atoms with Crippen molar-refractivity contribution in [3.63, 3.8) is 0 Å². The minimum atomic E-state index is 0.691. The SMILES string of the molecule is CC1C=CC2=C(CC1)OCC(C)C2. The molecule has 2 atom stereocenters. The van der Waals surface area contributed by atoms with E-state index in [1.807, 2.05) is 0 Å². The lowest BCUT2D eigenvalue weighted by molar-refractivity contribution is 0.141. The highest BCUT2D eigenvalue weighted by molar-refractivity contribution is 5.26. The third-order valence-corrected chi connectivity index (χ3v) is 2.92.